The van der Waals surface area contributed by atoms with Crippen molar-refractivity contribution in [2.24, 2.45) is 0 Å². The largest absolute Gasteiger partial charge is 0.353 e. The SMILES string of the molecule is CS(=O)(=O)[C@@H]1CCC[C@@H](NC(=O)CC2=CCCCC2)C1. The average Bonchev–Trinajstić information content (AvgIpc) is 2.39. The Kier molecular flexibility index (Phi) is 5.24. The Labute approximate surface area is 121 Å². The number of carbonyl (C=O) groups is 1. The molecule has 0 aromatic heterocycles. The van der Waals surface area contributed by atoms with Gasteiger partial charge in [-0.05, 0) is 44.9 Å². The molecule has 2 aliphatic rings. The van der Waals surface area contributed by atoms with E-state index in [1.165, 1.54) is 24.7 Å². The van der Waals surface area contributed by atoms with Crippen molar-refractivity contribution in [1.29, 1.82) is 0 Å². The van der Waals surface area contributed by atoms with Crippen molar-refractivity contribution in [2.45, 2.75) is 69.1 Å². The maximum absolute atomic E-state index is 12.0. The first kappa shape index (κ1) is 15.5. The summed E-state index contributed by atoms with van der Waals surface area (Å²) in [5, 5.41) is 2.74. The van der Waals surface area contributed by atoms with Crippen LogP contribution in [0.4, 0.5) is 0 Å². The number of nitrogens with one attached hydrogen (secondary N) is 1. The molecular weight excluding hydrogens is 274 g/mol. The van der Waals surface area contributed by atoms with Crippen LogP contribution in [0, 0.1) is 0 Å². The number of carbonyl (C=O) groups excluding carboxylic acids is 1. The van der Waals surface area contributed by atoms with Crippen molar-refractivity contribution >= 4 is 15.7 Å². The highest BCUT2D eigenvalue weighted by molar-refractivity contribution is 7.91. The average molecular weight is 299 g/mol. The van der Waals surface area contributed by atoms with Crippen molar-refractivity contribution < 1.29 is 13.2 Å². The molecule has 0 spiro atoms. The van der Waals surface area contributed by atoms with Crippen LogP contribution in [-0.4, -0.2) is 31.9 Å². The molecule has 20 heavy (non-hydrogen) atoms. The topological polar surface area (TPSA) is 63.2 Å². The number of rotatable bonds is 4. The van der Waals surface area contributed by atoms with Gasteiger partial charge < -0.3 is 5.32 Å². The highest BCUT2D eigenvalue weighted by Crippen LogP contribution is 2.25. The van der Waals surface area contributed by atoms with Crippen LogP contribution in [0.1, 0.15) is 57.8 Å². The molecule has 0 aromatic carbocycles. The molecule has 4 nitrogen and oxygen atoms in total. The minimum Gasteiger partial charge on any atom is -0.353 e. The summed E-state index contributed by atoms with van der Waals surface area (Å²) < 4.78 is 23.2. The quantitative estimate of drug-likeness (QED) is 0.811. The first-order valence-corrected chi connectivity index (χ1v) is 9.57. The maximum Gasteiger partial charge on any atom is 0.224 e. The van der Waals surface area contributed by atoms with Crippen LogP contribution in [0.25, 0.3) is 0 Å². The van der Waals surface area contributed by atoms with Gasteiger partial charge in [0.15, 0.2) is 0 Å². The summed E-state index contributed by atoms with van der Waals surface area (Å²) in [6, 6.07) is 0.0279. The van der Waals surface area contributed by atoms with Gasteiger partial charge in [0, 0.05) is 18.7 Å². The Morgan fingerprint density at radius 1 is 1.30 bits per heavy atom. The molecular formula is C15H25NO3S. The minimum absolute atomic E-state index is 0.0279. The Hall–Kier alpha value is -0.840. The van der Waals surface area contributed by atoms with Crippen molar-refractivity contribution in [3.8, 4) is 0 Å². The molecule has 0 bridgehead atoms. The fourth-order valence-corrected chi connectivity index (χ4v) is 4.39. The number of hydrogen-bond acceptors (Lipinski definition) is 3. The van der Waals surface area contributed by atoms with Gasteiger partial charge in [-0.2, -0.15) is 0 Å². The highest BCUT2D eigenvalue weighted by atomic mass is 32.2. The lowest BCUT2D eigenvalue weighted by molar-refractivity contribution is -0.121. The molecule has 0 radical (unpaired) electrons. The van der Waals surface area contributed by atoms with Crippen LogP contribution in [-0.2, 0) is 14.6 Å². The Bertz CT molecular complexity index is 481. The standard InChI is InChI=1S/C15H25NO3S/c1-20(18,19)14-9-5-8-13(11-14)16-15(17)10-12-6-3-2-4-7-12/h6,13-14H,2-5,7-11H2,1H3,(H,16,17)/t13-,14-/m1/s1. The maximum atomic E-state index is 12.0. The zero-order valence-corrected chi connectivity index (χ0v) is 13.0. The lowest BCUT2D eigenvalue weighted by Crippen LogP contribution is -2.41. The van der Waals surface area contributed by atoms with Crippen molar-refractivity contribution in [3.63, 3.8) is 0 Å². The summed E-state index contributed by atoms with van der Waals surface area (Å²) in [4.78, 5) is 12.0. The van der Waals surface area contributed by atoms with E-state index in [9.17, 15) is 13.2 Å². The summed E-state index contributed by atoms with van der Waals surface area (Å²) >= 11 is 0. The Balaban J connectivity index is 1.83. The highest BCUT2D eigenvalue weighted by Gasteiger charge is 2.29. The van der Waals surface area contributed by atoms with E-state index in [-0.39, 0.29) is 17.2 Å². The van der Waals surface area contributed by atoms with Gasteiger partial charge in [0.25, 0.3) is 0 Å². The summed E-state index contributed by atoms with van der Waals surface area (Å²) in [6.07, 6.45) is 11.6. The summed E-state index contributed by atoms with van der Waals surface area (Å²) in [7, 11) is -2.98. The second-order valence-corrected chi connectivity index (χ2v) is 8.49. The smallest absolute Gasteiger partial charge is 0.224 e. The van der Waals surface area contributed by atoms with E-state index in [0.29, 0.717) is 12.8 Å². The molecule has 0 aliphatic heterocycles. The number of sulfone groups is 1. The molecule has 1 saturated carbocycles. The molecule has 0 saturated heterocycles. The molecule has 0 unspecified atom stereocenters. The van der Waals surface area contributed by atoms with E-state index in [4.69, 9.17) is 0 Å². The third kappa shape index (κ3) is 4.62. The third-order valence-electron chi connectivity index (χ3n) is 4.37. The van der Waals surface area contributed by atoms with Gasteiger partial charge >= 0.3 is 0 Å². The van der Waals surface area contributed by atoms with Crippen LogP contribution in [0.3, 0.4) is 0 Å². The van der Waals surface area contributed by atoms with E-state index in [0.717, 1.165) is 32.1 Å². The van der Waals surface area contributed by atoms with E-state index in [2.05, 4.69) is 11.4 Å². The van der Waals surface area contributed by atoms with E-state index in [1.807, 2.05) is 0 Å². The molecule has 5 heteroatoms. The normalized spacial score (nSPS) is 27.8. The molecule has 2 aliphatic carbocycles. The van der Waals surface area contributed by atoms with Gasteiger partial charge in [-0.15, -0.1) is 0 Å². The zero-order valence-electron chi connectivity index (χ0n) is 12.2. The monoisotopic (exact) mass is 299 g/mol. The predicted octanol–water partition coefficient (Wildman–Crippen LogP) is 2.35. The predicted molar refractivity (Wildman–Crippen MR) is 80.2 cm³/mol. The second-order valence-electron chi connectivity index (χ2n) is 6.17. The van der Waals surface area contributed by atoms with Gasteiger partial charge in [-0.1, -0.05) is 18.1 Å². The van der Waals surface area contributed by atoms with Gasteiger partial charge in [0.2, 0.25) is 5.91 Å². The van der Waals surface area contributed by atoms with Gasteiger partial charge in [0.05, 0.1) is 5.25 Å². The number of hydrogen-bond donors (Lipinski definition) is 1. The molecule has 1 fully saturated rings. The van der Waals surface area contributed by atoms with Crippen molar-refractivity contribution in [3.05, 3.63) is 11.6 Å². The lowest BCUT2D eigenvalue weighted by Gasteiger charge is -2.28. The molecule has 0 heterocycles. The summed E-state index contributed by atoms with van der Waals surface area (Å²) in [6.45, 7) is 0. The van der Waals surface area contributed by atoms with Crippen molar-refractivity contribution in [1.82, 2.24) is 5.32 Å². The van der Waals surface area contributed by atoms with Crippen molar-refractivity contribution in [2.75, 3.05) is 6.26 Å². The molecule has 1 N–H and O–H groups in total. The second kappa shape index (κ2) is 6.74. The van der Waals surface area contributed by atoms with Crippen LogP contribution in [0.15, 0.2) is 11.6 Å². The lowest BCUT2D eigenvalue weighted by atomic mass is 9.94. The third-order valence-corrected chi connectivity index (χ3v) is 6.01. The van der Waals surface area contributed by atoms with Gasteiger partial charge in [0.1, 0.15) is 9.84 Å². The fourth-order valence-electron chi connectivity index (χ4n) is 3.22. The summed E-state index contributed by atoms with van der Waals surface area (Å²) in [5.74, 6) is 0.0531. The van der Waals surface area contributed by atoms with Crippen LogP contribution in [0.2, 0.25) is 0 Å². The van der Waals surface area contributed by atoms with E-state index >= 15 is 0 Å². The summed E-state index contributed by atoms with van der Waals surface area (Å²) in [5.41, 5.74) is 1.24. The van der Waals surface area contributed by atoms with Crippen LogP contribution in [0.5, 0.6) is 0 Å². The molecule has 114 valence electrons. The zero-order chi connectivity index (χ0) is 14.6. The first-order valence-electron chi connectivity index (χ1n) is 7.61. The van der Waals surface area contributed by atoms with E-state index < -0.39 is 9.84 Å². The minimum atomic E-state index is -2.98. The molecule has 1 amide bonds. The molecule has 0 aromatic rings. The van der Waals surface area contributed by atoms with Gasteiger partial charge in [-0.25, -0.2) is 8.42 Å². The van der Waals surface area contributed by atoms with Crippen LogP contribution < -0.4 is 5.32 Å². The Morgan fingerprint density at radius 3 is 2.75 bits per heavy atom. The number of amides is 1. The van der Waals surface area contributed by atoms with E-state index in [1.54, 1.807) is 0 Å². The first-order chi connectivity index (χ1) is 9.45. The Morgan fingerprint density at radius 2 is 2.10 bits per heavy atom. The molecule has 2 atom stereocenters. The van der Waals surface area contributed by atoms with Gasteiger partial charge in [-0.3, -0.25) is 4.79 Å². The van der Waals surface area contributed by atoms with Crippen LogP contribution >= 0.6 is 0 Å². The fraction of sp³-hybridized carbons (Fsp3) is 0.800. The molecule has 2 rings (SSSR count). The number of allylic oxidation sites excluding steroid dienone is 1.